The zero-order chi connectivity index (χ0) is 35.9. The average Bonchev–Trinajstić information content (AvgIpc) is 3.12. The Morgan fingerprint density at radius 1 is 1.04 bits per heavy atom. The first kappa shape index (κ1) is 37.1. The van der Waals surface area contributed by atoms with Gasteiger partial charge in [0.2, 0.25) is 0 Å². The highest BCUT2D eigenvalue weighted by atomic mass is 35.5. The number of amides is 1. The van der Waals surface area contributed by atoms with Crippen molar-refractivity contribution in [3.05, 3.63) is 99.0 Å². The van der Waals surface area contributed by atoms with E-state index in [0.717, 1.165) is 42.0 Å². The maximum Gasteiger partial charge on any atom is 0.323 e. The zero-order valence-corrected chi connectivity index (χ0v) is 30.5. The van der Waals surface area contributed by atoms with E-state index in [1.54, 1.807) is 49.8 Å². The summed E-state index contributed by atoms with van der Waals surface area (Å²) in [7, 11) is 1.84. The lowest BCUT2D eigenvalue weighted by atomic mass is 9.88. The van der Waals surface area contributed by atoms with Gasteiger partial charge in [0.25, 0.3) is 5.91 Å². The minimum absolute atomic E-state index is 0.0747. The molecule has 0 radical (unpaired) electrons. The van der Waals surface area contributed by atoms with Gasteiger partial charge < -0.3 is 24.4 Å². The summed E-state index contributed by atoms with van der Waals surface area (Å²) in [4.78, 5) is 31.1. The van der Waals surface area contributed by atoms with Gasteiger partial charge in [0, 0.05) is 23.6 Å². The largest absolute Gasteiger partial charge is 0.497 e. The fourth-order valence-corrected chi connectivity index (χ4v) is 7.96. The summed E-state index contributed by atoms with van der Waals surface area (Å²) in [6.45, 7) is 1.85. The predicted molar refractivity (Wildman–Crippen MR) is 196 cm³/mol. The first-order valence-corrected chi connectivity index (χ1v) is 18.6. The molecule has 2 unspecified atom stereocenters. The Morgan fingerprint density at radius 3 is 2.42 bits per heavy atom. The first-order chi connectivity index (χ1) is 24.0. The molecule has 5 rings (SSSR count). The predicted octanol–water partition coefficient (Wildman–Crippen LogP) is 7.35. The molecule has 12 heteroatoms. The van der Waals surface area contributed by atoms with E-state index < -0.39 is 29.2 Å². The van der Waals surface area contributed by atoms with Gasteiger partial charge in [0.1, 0.15) is 24.1 Å². The van der Waals surface area contributed by atoms with Gasteiger partial charge in [-0.15, -0.1) is 0 Å². The van der Waals surface area contributed by atoms with Crippen LogP contribution < -0.4 is 9.47 Å². The highest BCUT2D eigenvalue weighted by Crippen LogP contribution is 2.36. The number of methoxy groups -OCH3 is 2. The van der Waals surface area contributed by atoms with Gasteiger partial charge in [-0.25, -0.2) is 0 Å². The first-order valence-electron chi connectivity index (χ1n) is 16.2. The molecule has 1 N–H and O–H groups in total. The number of carboxylic acid groups (broad SMARTS) is 1. The van der Waals surface area contributed by atoms with Crippen LogP contribution in [-0.4, -0.2) is 84.2 Å². The normalized spacial score (nSPS) is 14.9. The maximum absolute atomic E-state index is 14.4. The fourth-order valence-electron chi connectivity index (χ4n) is 6.81. The molecule has 0 spiro atoms. The van der Waals surface area contributed by atoms with Crippen molar-refractivity contribution in [3.63, 3.8) is 0 Å². The molecule has 1 aliphatic heterocycles. The number of ether oxygens (including phenoxy) is 2. The number of piperidine rings is 1. The van der Waals surface area contributed by atoms with E-state index in [2.05, 4.69) is 11.0 Å². The molecule has 1 amide bonds. The summed E-state index contributed by atoms with van der Waals surface area (Å²) in [6.07, 6.45) is 4.07. The van der Waals surface area contributed by atoms with E-state index in [-0.39, 0.29) is 35.3 Å². The number of aliphatic carboxylic acids is 1. The van der Waals surface area contributed by atoms with Gasteiger partial charge in [-0.2, -0.15) is 5.26 Å². The van der Waals surface area contributed by atoms with E-state index in [9.17, 15) is 24.2 Å². The molecule has 4 aromatic rings. The van der Waals surface area contributed by atoms with Crippen LogP contribution in [0.15, 0.2) is 71.6 Å². The summed E-state index contributed by atoms with van der Waals surface area (Å²) >= 11 is 12.7. The summed E-state index contributed by atoms with van der Waals surface area (Å²) in [5, 5.41) is 21.8. The second-order valence-electron chi connectivity index (χ2n) is 12.4. The fraction of sp³-hybridized carbons (Fsp3) is 0.342. The third-order valence-electron chi connectivity index (χ3n) is 9.36. The summed E-state index contributed by atoms with van der Waals surface area (Å²) in [5.74, 6) is -0.958. The molecule has 1 aliphatic rings. The van der Waals surface area contributed by atoms with Crippen LogP contribution >= 0.6 is 23.2 Å². The maximum atomic E-state index is 14.4. The number of carbonyl (C=O) groups excluding carboxylic acids is 1. The number of fused-ring (bicyclic) bond motifs is 1. The van der Waals surface area contributed by atoms with E-state index in [4.69, 9.17) is 32.7 Å². The number of carboxylic acids is 1. The van der Waals surface area contributed by atoms with E-state index in [1.165, 1.54) is 12.0 Å². The molecule has 262 valence electrons. The quantitative estimate of drug-likeness (QED) is 0.151. The summed E-state index contributed by atoms with van der Waals surface area (Å²) in [5.41, 5.74) is 2.24. The van der Waals surface area contributed by atoms with Crippen LogP contribution in [-0.2, 0) is 15.6 Å². The molecule has 9 nitrogen and oxygen atoms in total. The van der Waals surface area contributed by atoms with Crippen LogP contribution in [0.5, 0.6) is 11.5 Å². The van der Waals surface area contributed by atoms with E-state index >= 15 is 0 Å². The molecule has 1 heterocycles. The molecule has 0 aliphatic carbocycles. The number of halogens is 2. The number of nitriles is 1. The minimum atomic E-state index is -1.17. The van der Waals surface area contributed by atoms with Crippen LogP contribution in [0.4, 0.5) is 0 Å². The average molecular weight is 737 g/mol. The van der Waals surface area contributed by atoms with Gasteiger partial charge >= 0.3 is 5.97 Å². The molecule has 4 aromatic carbocycles. The topological polar surface area (TPSA) is 120 Å². The van der Waals surface area contributed by atoms with Crippen LogP contribution in [0.2, 0.25) is 10.0 Å². The van der Waals surface area contributed by atoms with Gasteiger partial charge in [-0.1, -0.05) is 59.6 Å². The number of rotatable bonds is 13. The molecule has 50 heavy (non-hydrogen) atoms. The lowest BCUT2D eigenvalue weighted by molar-refractivity contribution is -0.137. The van der Waals surface area contributed by atoms with Crippen molar-refractivity contribution < 1.29 is 28.4 Å². The lowest BCUT2D eigenvalue weighted by Gasteiger charge is -2.34. The van der Waals surface area contributed by atoms with Crippen molar-refractivity contribution in [2.75, 3.05) is 53.2 Å². The Hall–Kier alpha value is -4.14. The van der Waals surface area contributed by atoms with Crippen molar-refractivity contribution in [3.8, 4) is 17.6 Å². The highest BCUT2D eigenvalue weighted by molar-refractivity contribution is 7.84. The van der Waals surface area contributed by atoms with E-state index in [1.807, 2.05) is 30.3 Å². The number of hydrogen-bond acceptors (Lipinski definition) is 7. The molecule has 1 saturated heterocycles. The van der Waals surface area contributed by atoms with Gasteiger partial charge in [0.05, 0.1) is 46.2 Å². The van der Waals surface area contributed by atoms with Crippen molar-refractivity contribution in [2.24, 2.45) is 0 Å². The molecule has 2 atom stereocenters. The smallest absolute Gasteiger partial charge is 0.323 e. The Morgan fingerprint density at radius 2 is 1.78 bits per heavy atom. The van der Waals surface area contributed by atoms with Gasteiger partial charge in [-0.05, 0) is 97.0 Å². The Kier molecular flexibility index (Phi) is 12.4. The van der Waals surface area contributed by atoms with Crippen molar-refractivity contribution in [2.45, 2.75) is 36.0 Å². The minimum Gasteiger partial charge on any atom is -0.497 e. The zero-order valence-electron chi connectivity index (χ0n) is 28.2. The second-order valence-corrected chi connectivity index (χ2v) is 14.5. The van der Waals surface area contributed by atoms with Crippen LogP contribution in [0.25, 0.3) is 10.8 Å². The molecule has 0 aromatic heterocycles. The monoisotopic (exact) mass is 735 g/mol. The Balaban J connectivity index is 1.41. The highest BCUT2D eigenvalue weighted by Gasteiger charge is 2.30. The second kappa shape index (κ2) is 16.7. The van der Waals surface area contributed by atoms with Crippen LogP contribution in [0.1, 0.15) is 58.1 Å². The van der Waals surface area contributed by atoms with Crippen molar-refractivity contribution in [1.82, 2.24) is 9.80 Å². The lowest BCUT2D eigenvalue weighted by Crippen LogP contribution is -2.40. The molecule has 0 saturated carbocycles. The number of benzene rings is 4. The third kappa shape index (κ3) is 8.41. The van der Waals surface area contributed by atoms with Gasteiger partial charge in [-0.3, -0.25) is 13.8 Å². The van der Waals surface area contributed by atoms with Crippen molar-refractivity contribution >= 4 is 56.7 Å². The van der Waals surface area contributed by atoms with Crippen LogP contribution in [0, 0.1) is 11.3 Å². The Labute approximate surface area is 304 Å². The summed E-state index contributed by atoms with van der Waals surface area (Å²) in [6, 6.07) is 22.1. The molecular weight excluding hydrogens is 697 g/mol. The number of carbonyl (C=O) groups is 2. The van der Waals surface area contributed by atoms with Crippen LogP contribution in [0.3, 0.4) is 0 Å². The number of hydrogen-bond donors (Lipinski definition) is 1. The Bertz CT molecular complexity index is 1960. The standard InChI is InChI=1S/C38H39Cl2N3O6S/c1-48-29-9-10-30(34(20-29)50(3)47)24-12-15-42(16-13-24)17-14-27(25-8-11-32(39)33(40)19-25)22-43(23-35(44)45)38(46)36-31-7-5-4-6-26(31)18-28(21-41)37(36)49-2/h4-11,18-20,24,27H,12-17,22-23H2,1-3H3,(H,44,45). The number of nitrogens with zero attached hydrogens (tertiary/aromatic N) is 3. The SMILES string of the molecule is COc1ccc(C2CCN(CCC(CN(CC(=O)O)C(=O)c3c(OC)c(C#N)cc4ccccc34)c3ccc(Cl)c(Cl)c3)CC2)c(S(C)=O)c1. The molecule has 0 bridgehead atoms. The third-order valence-corrected chi connectivity index (χ3v) is 11.1. The molecular formula is C38H39Cl2N3O6S. The van der Waals surface area contributed by atoms with Gasteiger partial charge in [0.15, 0.2) is 0 Å². The van der Waals surface area contributed by atoms with E-state index in [0.29, 0.717) is 39.5 Å². The molecule has 1 fully saturated rings. The van der Waals surface area contributed by atoms with Crippen molar-refractivity contribution in [1.29, 1.82) is 5.26 Å². The number of likely N-dealkylation sites (tertiary alicyclic amines) is 1. The summed E-state index contributed by atoms with van der Waals surface area (Å²) < 4.78 is 23.5.